The van der Waals surface area contributed by atoms with Gasteiger partial charge in [0.25, 0.3) is 0 Å². The van der Waals surface area contributed by atoms with Crippen molar-refractivity contribution in [1.82, 2.24) is 9.97 Å². The van der Waals surface area contributed by atoms with E-state index in [4.69, 9.17) is 11.5 Å². The van der Waals surface area contributed by atoms with E-state index in [1.165, 1.54) is 11.8 Å². The van der Waals surface area contributed by atoms with Gasteiger partial charge in [-0.3, -0.25) is 4.79 Å². The van der Waals surface area contributed by atoms with Gasteiger partial charge in [0.15, 0.2) is 5.16 Å². The zero-order valence-electron chi connectivity index (χ0n) is 9.43. The Hall–Kier alpha value is -1.14. The fourth-order valence-electron chi connectivity index (χ4n) is 0.933. The maximum Gasteiger partial charge on any atom is 0.237 e. The zero-order chi connectivity index (χ0) is 12.2. The molecule has 88 valence electrons. The van der Waals surface area contributed by atoms with Gasteiger partial charge in [-0.1, -0.05) is 11.8 Å². The lowest BCUT2D eigenvalue weighted by atomic mass is 10.0. The van der Waals surface area contributed by atoms with Gasteiger partial charge >= 0.3 is 0 Å². The molecule has 5 nitrogen and oxygen atoms in total. The van der Waals surface area contributed by atoms with Crippen LogP contribution >= 0.6 is 11.8 Å². The topological polar surface area (TPSA) is 94.9 Å². The molecule has 1 heterocycles. The number of hydrogen-bond acceptors (Lipinski definition) is 5. The second-order valence-electron chi connectivity index (χ2n) is 3.92. The van der Waals surface area contributed by atoms with Crippen molar-refractivity contribution in [3.8, 4) is 0 Å². The third-order valence-electron chi connectivity index (χ3n) is 2.17. The molecule has 0 aromatic carbocycles. The number of aromatic nitrogens is 2. The molecule has 6 heteroatoms. The summed E-state index contributed by atoms with van der Waals surface area (Å²) >= 11 is 1.46. The van der Waals surface area contributed by atoms with E-state index in [1.807, 2.05) is 6.92 Å². The van der Waals surface area contributed by atoms with E-state index in [9.17, 15) is 4.79 Å². The van der Waals surface area contributed by atoms with Crippen LogP contribution in [0.15, 0.2) is 17.6 Å². The SMILES string of the molecule is Cc1cnc(SCCC(C)(N)C(N)=O)nc1. The van der Waals surface area contributed by atoms with Crippen molar-refractivity contribution in [2.75, 3.05) is 5.75 Å². The molecule has 1 amide bonds. The number of nitrogens with two attached hydrogens (primary N) is 2. The van der Waals surface area contributed by atoms with Gasteiger partial charge in [-0.25, -0.2) is 9.97 Å². The highest BCUT2D eigenvalue weighted by Gasteiger charge is 2.24. The normalized spacial score (nSPS) is 14.4. The van der Waals surface area contributed by atoms with Gasteiger partial charge in [-0.15, -0.1) is 0 Å². The van der Waals surface area contributed by atoms with Crippen molar-refractivity contribution in [2.24, 2.45) is 11.5 Å². The van der Waals surface area contributed by atoms with Crippen molar-refractivity contribution < 1.29 is 4.79 Å². The fourth-order valence-corrected chi connectivity index (χ4v) is 1.90. The molecular weight excluding hydrogens is 224 g/mol. The third kappa shape index (κ3) is 3.79. The summed E-state index contributed by atoms with van der Waals surface area (Å²) < 4.78 is 0. The lowest BCUT2D eigenvalue weighted by molar-refractivity contribution is -0.122. The predicted octanol–water partition coefficient (Wildman–Crippen LogP) is 0.470. The fraction of sp³-hybridized carbons (Fsp3) is 0.500. The first kappa shape index (κ1) is 12.9. The van der Waals surface area contributed by atoms with Crippen LogP contribution in [0.2, 0.25) is 0 Å². The summed E-state index contributed by atoms with van der Waals surface area (Å²) in [6.45, 7) is 3.56. The van der Waals surface area contributed by atoms with Crippen LogP contribution < -0.4 is 11.5 Å². The van der Waals surface area contributed by atoms with E-state index in [0.717, 1.165) is 5.56 Å². The summed E-state index contributed by atoms with van der Waals surface area (Å²) in [5.41, 5.74) is 10.9. The summed E-state index contributed by atoms with van der Waals surface area (Å²) in [5, 5.41) is 0.686. The molecule has 0 saturated heterocycles. The first-order valence-corrected chi connectivity index (χ1v) is 5.90. The van der Waals surface area contributed by atoms with Crippen LogP contribution in [0.1, 0.15) is 18.9 Å². The number of nitrogens with zero attached hydrogens (tertiary/aromatic N) is 2. The smallest absolute Gasteiger partial charge is 0.237 e. The van der Waals surface area contributed by atoms with E-state index >= 15 is 0 Å². The van der Waals surface area contributed by atoms with Gasteiger partial charge in [0.2, 0.25) is 5.91 Å². The second-order valence-corrected chi connectivity index (χ2v) is 4.99. The van der Waals surface area contributed by atoms with Gasteiger partial charge in [0.05, 0.1) is 5.54 Å². The Labute approximate surface area is 99.0 Å². The van der Waals surface area contributed by atoms with E-state index in [-0.39, 0.29) is 0 Å². The van der Waals surface area contributed by atoms with Crippen molar-refractivity contribution in [3.05, 3.63) is 18.0 Å². The maximum absolute atomic E-state index is 11.0. The standard InChI is InChI=1S/C10H16N4OS/c1-7-5-13-9(14-6-7)16-4-3-10(2,12)8(11)15/h5-6H,3-4,12H2,1-2H3,(H2,11,15). The Morgan fingerprint density at radius 2 is 2.06 bits per heavy atom. The van der Waals surface area contributed by atoms with Crippen molar-refractivity contribution in [3.63, 3.8) is 0 Å². The molecule has 0 aliphatic carbocycles. The monoisotopic (exact) mass is 240 g/mol. The molecular formula is C10H16N4OS. The Morgan fingerprint density at radius 1 is 1.50 bits per heavy atom. The summed E-state index contributed by atoms with van der Waals surface area (Å²) in [5.74, 6) is 0.178. The van der Waals surface area contributed by atoms with Crippen LogP contribution in [0.5, 0.6) is 0 Å². The first-order chi connectivity index (χ1) is 7.42. The zero-order valence-corrected chi connectivity index (χ0v) is 10.3. The molecule has 16 heavy (non-hydrogen) atoms. The lowest BCUT2D eigenvalue weighted by Crippen LogP contribution is -2.49. The Kier molecular flexibility index (Phi) is 4.26. The lowest BCUT2D eigenvalue weighted by Gasteiger charge is -2.19. The number of rotatable bonds is 5. The number of thioether (sulfide) groups is 1. The van der Waals surface area contributed by atoms with Gasteiger partial charge in [-0.2, -0.15) is 0 Å². The molecule has 0 aliphatic rings. The number of primary amides is 1. The van der Waals surface area contributed by atoms with Crippen LogP contribution in [-0.2, 0) is 4.79 Å². The predicted molar refractivity (Wildman–Crippen MR) is 63.9 cm³/mol. The molecule has 0 aliphatic heterocycles. The van der Waals surface area contributed by atoms with Gasteiger partial charge in [0, 0.05) is 18.1 Å². The Bertz CT molecular complexity index is 364. The number of amides is 1. The number of carbonyl (C=O) groups is 1. The largest absolute Gasteiger partial charge is 0.368 e. The highest BCUT2D eigenvalue weighted by Crippen LogP contribution is 2.16. The average Bonchev–Trinajstić information content (AvgIpc) is 2.20. The number of hydrogen-bond donors (Lipinski definition) is 2. The second kappa shape index (κ2) is 5.27. The highest BCUT2D eigenvalue weighted by molar-refractivity contribution is 7.99. The minimum absolute atomic E-state index is 0.488. The minimum atomic E-state index is -0.961. The molecule has 1 atom stereocenters. The number of aryl methyl sites for hydroxylation is 1. The molecule has 0 saturated carbocycles. The van der Waals surface area contributed by atoms with Crippen LogP contribution in [0, 0.1) is 6.92 Å². The minimum Gasteiger partial charge on any atom is -0.368 e. The van der Waals surface area contributed by atoms with Crippen LogP contribution in [-0.4, -0.2) is 27.2 Å². The summed E-state index contributed by atoms with van der Waals surface area (Å²) in [6.07, 6.45) is 4.01. The average molecular weight is 240 g/mol. The first-order valence-electron chi connectivity index (χ1n) is 4.92. The van der Waals surface area contributed by atoms with E-state index in [2.05, 4.69) is 9.97 Å². The molecule has 1 unspecified atom stereocenters. The molecule has 0 spiro atoms. The van der Waals surface area contributed by atoms with Crippen LogP contribution in [0.4, 0.5) is 0 Å². The van der Waals surface area contributed by atoms with Crippen molar-refractivity contribution in [1.29, 1.82) is 0 Å². The quantitative estimate of drug-likeness (QED) is 0.576. The Balaban J connectivity index is 2.41. The number of carbonyl (C=O) groups excluding carboxylic acids is 1. The van der Waals surface area contributed by atoms with Crippen LogP contribution in [0.25, 0.3) is 0 Å². The van der Waals surface area contributed by atoms with Crippen LogP contribution in [0.3, 0.4) is 0 Å². The summed E-state index contributed by atoms with van der Waals surface area (Å²) in [6, 6.07) is 0. The summed E-state index contributed by atoms with van der Waals surface area (Å²) in [7, 11) is 0. The highest BCUT2D eigenvalue weighted by atomic mass is 32.2. The van der Waals surface area contributed by atoms with Gasteiger partial charge in [0.1, 0.15) is 0 Å². The maximum atomic E-state index is 11.0. The third-order valence-corrected chi connectivity index (χ3v) is 3.05. The van der Waals surface area contributed by atoms with E-state index in [0.29, 0.717) is 17.3 Å². The van der Waals surface area contributed by atoms with Crippen molar-refractivity contribution >= 4 is 17.7 Å². The van der Waals surface area contributed by atoms with E-state index < -0.39 is 11.4 Å². The van der Waals surface area contributed by atoms with E-state index in [1.54, 1.807) is 19.3 Å². The van der Waals surface area contributed by atoms with Crippen molar-refractivity contribution in [2.45, 2.75) is 31.0 Å². The molecule has 0 radical (unpaired) electrons. The summed E-state index contributed by atoms with van der Waals surface area (Å²) in [4.78, 5) is 19.2. The molecule has 1 rings (SSSR count). The molecule has 0 fully saturated rings. The van der Waals surface area contributed by atoms with Gasteiger partial charge in [-0.05, 0) is 25.8 Å². The molecule has 1 aromatic heterocycles. The molecule has 0 bridgehead atoms. The Morgan fingerprint density at radius 3 is 2.56 bits per heavy atom. The molecule has 4 N–H and O–H groups in total. The molecule has 1 aromatic rings. The van der Waals surface area contributed by atoms with Gasteiger partial charge < -0.3 is 11.5 Å².